The molecule has 0 aromatic carbocycles. The molecule has 15 heavy (non-hydrogen) atoms. The van der Waals surface area contributed by atoms with Crippen LogP contribution in [0.4, 0.5) is 0 Å². The Hall–Kier alpha value is -1.26. The van der Waals surface area contributed by atoms with Crippen LogP contribution in [0.2, 0.25) is 0 Å². The van der Waals surface area contributed by atoms with Gasteiger partial charge in [0.15, 0.2) is 12.2 Å². The Morgan fingerprint density at radius 3 is 1.80 bits per heavy atom. The molecule has 3 atom stereocenters. The summed E-state index contributed by atoms with van der Waals surface area (Å²) in [4.78, 5) is 28.6. The predicted molar refractivity (Wildman–Crippen MR) is 38.2 cm³/mol. The number of hydrogen-bond acceptors (Lipinski definition) is 7. The summed E-state index contributed by atoms with van der Waals surface area (Å²) < 4.78 is 0. The van der Waals surface area contributed by atoms with Gasteiger partial charge >= 0.3 is 17.7 Å². The Labute approximate surface area is 82.0 Å². The van der Waals surface area contributed by atoms with E-state index >= 15 is 0 Å². The van der Waals surface area contributed by atoms with E-state index in [1.807, 2.05) is 0 Å². The number of hydrogen-bond donors (Lipinski definition) is 5. The number of aliphatic hydroxyl groups excluding tert-OH is 3. The monoisotopic (exact) mass is 224 g/mol. The summed E-state index contributed by atoms with van der Waals surface area (Å²) in [5, 5.41) is 43.9. The zero-order valence-corrected chi connectivity index (χ0v) is 7.10. The molecule has 5 N–H and O–H groups in total. The molecule has 0 aromatic heterocycles. The minimum Gasteiger partial charge on any atom is -0.479 e. The van der Waals surface area contributed by atoms with E-state index in [9.17, 15) is 14.7 Å². The first kappa shape index (κ1) is 11.8. The first-order valence-electron chi connectivity index (χ1n) is 3.70. The van der Waals surface area contributed by atoms with Gasteiger partial charge < -0.3 is 25.5 Å². The Morgan fingerprint density at radius 2 is 1.53 bits per heavy atom. The summed E-state index contributed by atoms with van der Waals surface area (Å²) in [7, 11) is 0. The highest BCUT2D eigenvalue weighted by Crippen LogP contribution is 2.35. The van der Waals surface area contributed by atoms with Crippen LogP contribution in [0.15, 0.2) is 0 Å². The molecule has 1 heterocycles. The zero-order chi connectivity index (χ0) is 11.8. The van der Waals surface area contributed by atoms with Crippen molar-refractivity contribution in [2.24, 2.45) is 0 Å². The zero-order valence-electron chi connectivity index (χ0n) is 7.10. The van der Waals surface area contributed by atoms with Crippen molar-refractivity contribution >= 4 is 11.9 Å². The molecule has 0 aromatic rings. The Morgan fingerprint density at radius 1 is 1.07 bits per heavy atom. The Balaban J connectivity index is 2.72. The molecule has 9 nitrogen and oxygen atoms in total. The maximum absolute atomic E-state index is 10.5. The molecule has 0 unspecified atom stereocenters. The largest absolute Gasteiger partial charge is 0.479 e. The van der Waals surface area contributed by atoms with E-state index in [4.69, 9.17) is 20.4 Å². The van der Waals surface area contributed by atoms with Crippen LogP contribution in [0.3, 0.4) is 0 Å². The molecule has 0 saturated carbocycles. The molecular formula is C6H8O9. The van der Waals surface area contributed by atoms with Crippen LogP contribution in [0.25, 0.3) is 0 Å². The first-order valence-corrected chi connectivity index (χ1v) is 3.70. The van der Waals surface area contributed by atoms with Gasteiger partial charge in [0.2, 0.25) is 0 Å². The van der Waals surface area contributed by atoms with E-state index in [1.165, 1.54) is 0 Å². The topological polar surface area (TPSA) is 160 Å². The summed E-state index contributed by atoms with van der Waals surface area (Å²) in [5.74, 6) is -6.06. The molecule has 86 valence electrons. The maximum atomic E-state index is 10.5. The van der Waals surface area contributed by atoms with Crippen molar-refractivity contribution in [2.75, 3.05) is 0 Å². The van der Waals surface area contributed by atoms with E-state index < -0.39 is 36.0 Å². The fourth-order valence-electron chi connectivity index (χ4n) is 0.885. The minimum atomic E-state index is -2.50. The predicted octanol–water partition coefficient (Wildman–Crippen LogP) is -3.10. The molecular weight excluding hydrogens is 216 g/mol. The first-order chi connectivity index (χ1) is 6.83. The highest BCUT2D eigenvalue weighted by Gasteiger charge is 2.66. The molecule has 0 bridgehead atoms. The molecule has 0 spiro atoms. The summed E-state index contributed by atoms with van der Waals surface area (Å²) in [5.41, 5.74) is 0. The van der Waals surface area contributed by atoms with Gasteiger partial charge in [-0.3, -0.25) is 0 Å². The van der Waals surface area contributed by atoms with E-state index in [2.05, 4.69) is 9.78 Å². The van der Waals surface area contributed by atoms with Gasteiger partial charge in [0, 0.05) is 0 Å². The highest BCUT2D eigenvalue weighted by atomic mass is 17.4. The lowest BCUT2D eigenvalue weighted by atomic mass is 10.0. The van der Waals surface area contributed by atoms with Crippen molar-refractivity contribution in [1.82, 2.24) is 0 Å². The van der Waals surface area contributed by atoms with Gasteiger partial charge in [0.25, 0.3) is 0 Å². The third-order valence-electron chi connectivity index (χ3n) is 1.85. The average Bonchev–Trinajstić information content (AvgIpc) is 2.94. The Bertz CT molecular complexity index is 282. The molecule has 0 amide bonds. The fourth-order valence-corrected chi connectivity index (χ4v) is 0.885. The number of aliphatic carboxylic acids is 2. The quantitative estimate of drug-likeness (QED) is 0.240. The molecule has 1 rings (SSSR count). The van der Waals surface area contributed by atoms with Crippen LogP contribution in [-0.2, 0) is 19.4 Å². The van der Waals surface area contributed by atoms with Crippen LogP contribution < -0.4 is 0 Å². The lowest BCUT2D eigenvalue weighted by Gasteiger charge is -2.20. The number of aliphatic hydroxyl groups is 3. The van der Waals surface area contributed by atoms with Gasteiger partial charge in [0.05, 0.1) is 0 Å². The van der Waals surface area contributed by atoms with Crippen molar-refractivity contribution < 1.29 is 44.9 Å². The van der Waals surface area contributed by atoms with Crippen LogP contribution in [0, 0.1) is 0 Å². The fraction of sp³-hybridized carbons (Fsp3) is 0.667. The van der Waals surface area contributed by atoms with Gasteiger partial charge in [0.1, 0.15) is 6.10 Å². The summed E-state index contributed by atoms with van der Waals surface area (Å²) >= 11 is 0. The van der Waals surface area contributed by atoms with Crippen molar-refractivity contribution in [3.05, 3.63) is 0 Å². The van der Waals surface area contributed by atoms with Gasteiger partial charge in [-0.15, -0.1) is 0 Å². The molecule has 1 fully saturated rings. The molecule has 9 heteroatoms. The SMILES string of the molecule is O=C(O)[C@H](O)[C@@H](O)[C@H](O)C1(C(=O)O)OO1. The third kappa shape index (κ3) is 1.91. The van der Waals surface area contributed by atoms with Crippen molar-refractivity contribution in [3.63, 3.8) is 0 Å². The number of carbonyl (C=O) groups is 2. The summed E-state index contributed by atoms with van der Waals surface area (Å²) in [6, 6.07) is 0. The number of carboxylic acids is 2. The minimum absolute atomic E-state index is 1.74. The molecule has 0 radical (unpaired) electrons. The number of rotatable bonds is 5. The highest BCUT2D eigenvalue weighted by molar-refractivity contribution is 5.79. The van der Waals surface area contributed by atoms with Crippen LogP contribution in [0.5, 0.6) is 0 Å². The summed E-state index contributed by atoms with van der Waals surface area (Å²) in [6.07, 6.45) is -6.81. The molecule has 1 aliphatic rings. The van der Waals surface area contributed by atoms with Gasteiger partial charge in [-0.25, -0.2) is 9.59 Å². The second kappa shape index (κ2) is 3.72. The van der Waals surface area contributed by atoms with Gasteiger partial charge in [-0.1, -0.05) is 0 Å². The summed E-state index contributed by atoms with van der Waals surface area (Å²) in [6.45, 7) is 0. The lowest BCUT2D eigenvalue weighted by Crippen LogP contribution is -2.52. The van der Waals surface area contributed by atoms with E-state index in [-0.39, 0.29) is 0 Å². The maximum Gasteiger partial charge on any atom is 0.373 e. The van der Waals surface area contributed by atoms with Crippen molar-refractivity contribution in [3.8, 4) is 0 Å². The normalized spacial score (nSPS) is 23.9. The van der Waals surface area contributed by atoms with Gasteiger partial charge in [-0.2, -0.15) is 9.78 Å². The van der Waals surface area contributed by atoms with E-state index in [0.29, 0.717) is 0 Å². The second-order valence-corrected chi connectivity index (χ2v) is 2.86. The van der Waals surface area contributed by atoms with Crippen LogP contribution >= 0.6 is 0 Å². The smallest absolute Gasteiger partial charge is 0.373 e. The van der Waals surface area contributed by atoms with E-state index in [0.717, 1.165) is 0 Å². The van der Waals surface area contributed by atoms with Crippen LogP contribution in [-0.4, -0.2) is 61.6 Å². The lowest BCUT2D eigenvalue weighted by molar-refractivity contribution is -0.169. The van der Waals surface area contributed by atoms with Crippen molar-refractivity contribution in [2.45, 2.75) is 24.1 Å². The average molecular weight is 224 g/mol. The number of carboxylic acid groups (broad SMARTS) is 2. The third-order valence-corrected chi connectivity index (χ3v) is 1.85. The van der Waals surface area contributed by atoms with Crippen LogP contribution in [0.1, 0.15) is 0 Å². The van der Waals surface area contributed by atoms with Crippen molar-refractivity contribution in [1.29, 1.82) is 0 Å². The molecule has 1 aliphatic heterocycles. The second-order valence-electron chi connectivity index (χ2n) is 2.86. The standard InChI is InChI=1S/C6H8O9/c7-1(2(8)4(10)11)3(9)6(5(12)13)14-15-6/h1-3,7-9H,(H,10,11)(H,12,13)/t1-,2-,3+/m1/s1. The molecule has 0 aliphatic carbocycles. The van der Waals surface area contributed by atoms with Gasteiger partial charge in [-0.05, 0) is 0 Å². The Kier molecular flexibility index (Phi) is 2.93. The molecule has 1 saturated heterocycles. The van der Waals surface area contributed by atoms with E-state index in [1.54, 1.807) is 0 Å².